The first-order valence-electron chi connectivity index (χ1n) is 7.82. The van der Waals surface area contributed by atoms with Crippen LogP contribution in [0.4, 0.5) is 0 Å². The summed E-state index contributed by atoms with van der Waals surface area (Å²) in [6, 6.07) is 8.04. The standard InChI is InChI=1S/C17H16N2O3/c1-8-2-4-9(5-3-8)15-18-16(22-19-15)13-10-6-11-12(7-10)21-17(20)14(11)13/h2-5,10-14H,6-7H2,1H3/t10-,11+,12-,13-,14-/m1/s1. The molecule has 5 heteroatoms. The summed E-state index contributed by atoms with van der Waals surface area (Å²) in [4.78, 5) is 16.7. The molecule has 2 aromatic rings. The Labute approximate surface area is 127 Å². The van der Waals surface area contributed by atoms with Gasteiger partial charge in [0.05, 0.1) is 11.8 Å². The van der Waals surface area contributed by atoms with E-state index in [2.05, 4.69) is 10.1 Å². The number of hydrogen-bond donors (Lipinski definition) is 0. The van der Waals surface area contributed by atoms with Gasteiger partial charge in [-0.15, -0.1) is 0 Å². The van der Waals surface area contributed by atoms with Crippen LogP contribution in [0.15, 0.2) is 28.8 Å². The van der Waals surface area contributed by atoms with Crippen molar-refractivity contribution in [1.82, 2.24) is 10.1 Å². The summed E-state index contributed by atoms with van der Waals surface area (Å²) in [5.41, 5.74) is 2.14. The number of benzene rings is 1. The van der Waals surface area contributed by atoms with Crippen molar-refractivity contribution in [3.63, 3.8) is 0 Å². The second-order valence-corrected chi connectivity index (χ2v) is 6.74. The van der Waals surface area contributed by atoms with E-state index in [9.17, 15) is 4.79 Å². The lowest BCUT2D eigenvalue weighted by molar-refractivity contribution is -0.143. The third kappa shape index (κ3) is 1.56. The molecular formula is C17H16N2O3. The van der Waals surface area contributed by atoms with Gasteiger partial charge < -0.3 is 9.26 Å². The second kappa shape index (κ2) is 4.18. The summed E-state index contributed by atoms with van der Waals surface area (Å²) in [7, 11) is 0. The van der Waals surface area contributed by atoms with Crippen LogP contribution in [0, 0.1) is 24.7 Å². The van der Waals surface area contributed by atoms with Gasteiger partial charge in [-0.2, -0.15) is 4.98 Å². The number of aromatic nitrogens is 2. The molecule has 2 heterocycles. The van der Waals surface area contributed by atoms with Crippen LogP contribution in [0.5, 0.6) is 0 Å². The smallest absolute Gasteiger partial charge is 0.310 e. The molecule has 22 heavy (non-hydrogen) atoms. The molecule has 1 aromatic heterocycles. The Morgan fingerprint density at radius 2 is 1.95 bits per heavy atom. The second-order valence-electron chi connectivity index (χ2n) is 6.74. The molecule has 2 aliphatic carbocycles. The minimum absolute atomic E-state index is 0.0444. The molecule has 3 aliphatic rings. The minimum Gasteiger partial charge on any atom is -0.462 e. The van der Waals surface area contributed by atoms with Gasteiger partial charge in [0.1, 0.15) is 6.10 Å². The molecule has 1 saturated heterocycles. The van der Waals surface area contributed by atoms with Crippen molar-refractivity contribution < 1.29 is 14.1 Å². The maximum Gasteiger partial charge on any atom is 0.310 e. The van der Waals surface area contributed by atoms with Crippen LogP contribution in [0.25, 0.3) is 11.4 Å². The summed E-state index contributed by atoms with van der Waals surface area (Å²) in [5, 5.41) is 4.11. The number of esters is 1. The van der Waals surface area contributed by atoms with Crippen molar-refractivity contribution in [2.24, 2.45) is 17.8 Å². The fourth-order valence-corrected chi connectivity index (χ4v) is 4.53. The minimum atomic E-state index is -0.0740. The largest absolute Gasteiger partial charge is 0.462 e. The van der Waals surface area contributed by atoms with Crippen LogP contribution < -0.4 is 0 Å². The van der Waals surface area contributed by atoms with Crippen molar-refractivity contribution in [2.75, 3.05) is 0 Å². The Kier molecular flexibility index (Phi) is 2.35. The molecule has 2 saturated carbocycles. The number of fused-ring (bicyclic) bond motifs is 1. The molecule has 0 spiro atoms. The highest BCUT2D eigenvalue weighted by Crippen LogP contribution is 2.61. The lowest BCUT2D eigenvalue weighted by atomic mass is 9.80. The molecule has 0 N–H and O–H groups in total. The summed E-state index contributed by atoms with van der Waals surface area (Å²) in [6.07, 6.45) is 2.13. The zero-order valence-electron chi connectivity index (χ0n) is 12.2. The van der Waals surface area contributed by atoms with E-state index in [-0.39, 0.29) is 23.9 Å². The Morgan fingerprint density at radius 1 is 1.14 bits per heavy atom. The number of carbonyl (C=O) groups excluding carboxylic acids is 1. The fourth-order valence-electron chi connectivity index (χ4n) is 4.53. The van der Waals surface area contributed by atoms with Crippen LogP contribution in [-0.2, 0) is 9.53 Å². The number of nitrogens with zero attached hydrogens (tertiary/aromatic N) is 2. The van der Waals surface area contributed by atoms with Crippen LogP contribution in [0.2, 0.25) is 0 Å². The maximum atomic E-state index is 12.1. The monoisotopic (exact) mass is 296 g/mol. The van der Waals surface area contributed by atoms with Gasteiger partial charge in [-0.1, -0.05) is 35.0 Å². The number of carbonyl (C=O) groups is 1. The number of ether oxygens (including phenoxy) is 1. The lowest BCUT2D eigenvalue weighted by Gasteiger charge is -2.20. The summed E-state index contributed by atoms with van der Waals surface area (Å²) in [6.45, 7) is 2.04. The van der Waals surface area contributed by atoms with Gasteiger partial charge in [0.2, 0.25) is 11.7 Å². The van der Waals surface area contributed by atoms with Gasteiger partial charge >= 0.3 is 5.97 Å². The molecule has 0 amide bonds. The van der Waals surface area contributed by atoms with Crippen LogP contribution in [-0.4, -0.2) is 22.2 Å². The SMILES string of the molecule is Cc1ccc(-c2noc([C@@H]3[C@@H]4C[C@@H]5[C@H]3C(=O)O[C@@H]5C4)n2)cc1. The average molecular weight is 296 g/mol. The van der Waals surface area contributed by atoms with E-state index in [1.54, 1.807) is 0 Å². The van der Waals surface area contributed by atoms with Crippen molar-refractivity contribution in [1.29, 1.82) is 0 Å². The predicted molar refractivity (Wildman–Crippen MR) is 76.8 cm³/mol. The molecule has 0 unspecified atom stereocenters. The quantitative estimate of drug-likeness (QED) is 0.797. The molecular weight excluding hydrogens is 280 g/mol. The third-order valence-corrected chi connectivity index (χ3v) is 5.52. The number of aryl methyl sites for hydroxylation is 1. The van der Waals surface area contributed by atoms with Crippen LogP contribution >= 0.6 is 0 Å². The van der Waals surface area contributed by atoms with Gasteiger partial charge in [-0.25, -0.2) is 0 Å². The first kappa shape index (κ1) is 12.4. The van der Waals surface area contributed by atoms with Crippen LogP contribution in [0.1, 0.15) is 30.2 Å². The van der Waals surface area contributed by atoms with Crippen LogP contribution in [0.3, 0.4) is 0 Å². The first-order valence-corrected chi connectivity index (χ1v) is 7.82. The summed E-state index contributed by atoms with van der Waals surface area (Å²) >= 11 is 0. The van der Waals surface area contributed by atoms with Gasteiger partial charge in [0.15, 0.2) is 0 Å². The molecule has 2 bridgehead atoms. The highest BCUT2D eigenvalue weighted by molar-refractivity contribution is 5.78. The normalized spacial score (nSPS) is 35.1. The zero-order valence-corrected chi connectivity index (χ0v) is 12.2. The van der Waals surface area contributed by atoms with Crippen molar-refractivity contribution in [3.05, 3.63) is 35.7 Å². The van der Waals surface area contributed by atoms with Gasteiger partial charge in [0.25, 0.3) is 0 Å². The molecule has 5 nitrogen and oxygen atoms in total. The topological polar surface area (TPSA) is 65.2 Å². The maximum absolute atomic E-state index is 12.1. The zero-order chi connectivity index (χ0) is 14.8. The Balaban J connectivity index is 1.50. The van der Waals surface area contributed by atoms with Gasteiger partial charge in [-0.05, 0) is 25.7 Å². The highest BCUT2D eigenvalue weighted by Gasteiger charge is 2.63. The first-order chi connectivity index (χ1) is 10.7. The van der Waals surface area contributed by atoms with E-state index in [4.69, 9.17) is 9.26 Å². The molecule has 1 aromatic carbocycles. The van der Waals surface area contributed by atoms with E-state index < -0.39 is 0 Å². The summed E-state index contributed by atoms with van der Waals surface area (Å²) < 4.78 is 11.0. The Bertz CT molecular complexity index is 750. The molecule has 0 radical (unpaired) electrons. The molecule has 5 rings (SSSR count). The molecule has 3 fully saturated rings. The number of rotatable bonds is 2. The van der Waals surface area contributed by atoms with E-state index >= 15 is 0 Å². The van der Waals surface area contributed by atoms with Crippen molar-refractivity contribution in [3.8, 4) is 11.4 Å². The Hall–Kier alpha value is -2.17. The predicted octanol–water partition coefficient (Wildman–Crippen LogP) is 2.71. The highest BCUT2D eigenvalue weighted by atomic mass is 16.6. The summed E-state index contributed by atoms with van der Waals surface area (Å²) in [5.74, 6) is 1.90. The molecule has 5 atom stereocenters. The van der Waals surface area contributed by atoms with E-state index in [1.165, 1.54) is 5.56 Å². The average Bonchev–Trinajstić information content (AvgIpc) is 3.22. The third-order valence-electron chi connectivity index (χ3n) is 5.52. The van der Waals surface area contributed by atoms with E-state index in [1.807, 2.05) is 31.2 Å². The lowest BCUT2D eigenvalue weighted by Crippen LogP contribution is -2.24. The molecule has 112 valence electrons. The van der Waals surface area contributed by atoms with E-state index in [0.717, 1.165) is 18.4 Å². The van der Waals surface area contributed by atoms with Crippen molar-refractivity contribution >= 4 is 5.97 Å². The fraction of sp³-hybridized carbons (Fsp3) is 0.471. The van der Waals surface area contributed by atoms with Crippen molar-refractivity contribution in [2.45, 2.75) is 31.8 Å². The Morgan fingerprint density at radius 3 is 2.77 bits per heavy atom. The number of hydrogen-bond acceptors (Lipinski definition) is 5. The van der Waals surface area contributed by atoms with E-state index in [0.29, 0.717) is 23.6 Å². The van der Waals surface area contributed by atoms with Gasteiger partial charge in [-0.3, -0.25) is 4.79 Å². The molecule has 1 aliphatic heterocycles. The van der Waals surface area contributed by atoms with Gasteiger partial charge in [0, 0.05) is 11.5 Å².